The van der Waals surface area contributed by atoms with Crippen molar-refractivity contribution in [2.45, 2.75) is 6.92 Å². The molecule has 0 heterocycles. The molecule has 0 atom stereocenters. The SMILES string of the molecule is COc1cc(C(=O)N(C)CC(=O)O)cc(NC(C)=O)c1OC. The average Bonchev–Trinajstić information content (AvgIpc) is 2.44. The standard InChI is InChI=1S/C14H18N2O6/c1-8(17)15-10-5-9(6-11(21-3)13(10)22-4)14(20)16(2)7-12(18)19/h5-6H,7H2,1-4H3,(H,15,17)(H,18,19). The van der Waals surface area contributed by atoms with E-state index < -0.39 is 18.4 Å². The van der Waals surface area contributed by atoms with Crippen LogP contribution in [-0.4, -0.2) is 55.6 Å². The van der Waals surface area contributed by atoms with E-state index in [1.54, 1.807) is 0 Å². The van der Waals surface area contributed by atoms with Crippen LogP contribution in [0.15, 0.2) is 12.1 Å². The molecule has 0 radical (unpaired) electrons. The maximum atomic E-state index is 12.2. The second-order valence-electron chi connectivity index (χ2n) is 4.50. The lowest BCUT2D eigenvalue weighted by atomic mass is 10.1. The molecule has 0 fully saturated rings. The van der Waals surface area contributed by atoms with Crippen LogP contribution in [0.25, 0.3) is 0 Å². The Labute approximate surface area is 127 Å². The van der Waals surface area contributed by atoms with E-state index in [-0.39, 0.29) is 28.7 Å². The number of hydrogen-bond acceptors (Lipinski definition) is 5. The van der Waals surface area contributed by atoms with Crippen LogP contribution in [0.5, 0.6) is 11.5 Å². The van der Waals surface area contributed by atoms with Gasteiger partial charge in [0.05, 0.1) is 19.9 Å². The molecular formula is C14H18N2O6. The molecule has 0 aliphatic carbocycles. The first-order chi connectivity index (χ1) is 10.3. The third-order valence-electron chi connectivity index (χ3n) is 2.76. The summed E-state index contributed by atoms with van der Waals surface area (Å²) in [6, 6.07) is 2.83. The molecule has 8 nitrogen and oxygen atoms in total. The smallest absolute Gasteiger partial charge is 0.323 e. The van der Waals surface area contributed by atoms with Crippen molar-refractivity contribution in [3.8, 4) is 11.5 Å². The molecular weight excluding hydrogens is 292 g/mol. The molecule has 0 aromatic heterocycles. The van der Waals surface area contributed by atoms with Crippen molar-refractivity contribution in [2.24, 2.45) is 0 Å². The lowest BCUT2D eigenvalue weighted by molar-refractivity contribution is -0.137. The normalized spacial score (nSPS) is 9.82. The van der Waals surface area contributed by atoms with E-state index in [1.165, 1.54) is 40.3 Å². The molecule has 2 N–H and O–H groups in total. The van der Waals surface area contributed by atoms with E-state index in [1.807, 2.05) is 0 Å². The highest BCUT2D eigenvalue weighted by molar-refractivity contribution is 5.99. The highest BCUT2D eigenvalue weighted by Crippen LogP contribution is 2.36. The van der Waals surface area contributed by atoms with Gasteiger partial charge in [0, 0.05) is 19.5 Å². The number of ether oxygens (including phenoxy) is 2. The van der Waals surface area contributed by atoms with Gasteiger partial charge in [0.1, 0.15) is 6.54 Å². The van der Waals surface area contributed by atoms with Crippen LogP contribution in [0.4, 0.5) is 5.69 Å². The summed E-state index contributed by atoms with van der Waals surface area (Å²) in [5, 5.41) is 11.3. The summed E-state index contributed by atoms with van der Waals surface area (Å²) in [4.78, 5) is 35.2. The zero-order valence-electron chi connectivity index (χ0n) is 12.8. The van der Waals surface area contributed by atoms with Crippen LogP contribution in [0.1, 0.15) is 17.3 Å². The molecule has 0 unspecified atom stereocenters. The minimum atomic E-state index is -1.13. The van der Waals surface area contributed by atoms with Gasteiger partial charge in [-0.25, -0.2) is 0 Å². The average molecular weight is 310 g/mol. The summed E-state index contributed by atoms with van der Waals surface area (Å²) in [7, 11) is 4.16. The van der Waals surface area contributed by atoms with Crippen molar-refractivity contribution in [1.82, 2.24) is 4.90 Å². The summed E-state index contributed by atoms with van der Waals surface area (Å²) in [6.07, 6.45) is 0. The third-order valence-corrected chi connectivity index (χ3v) is 2.76. The van der Waals surface area contributed by atoms with Crippen molar-refractivity contribution in [1.29, 1.82) is 0 Å². The highest BCUT2D eigenvalue weighted by atomic mass is 16.5. The molecule has 8 heteroatoms. The number of amides is 2. The number of likely N-dealkylation sites (N-methyl/N-ethyl adjacent to an activating group) is 1. The number of anilines is 1. The molecule has 0 aliphatic heterocycles. The van der Waals surface area contributed by atoms with Gasteiger partial charge in [0.15, 0.2) is 11.5 Å². The van der Waals surface area contributed by atoms with Crippen molar-refractivity contribution in [3.05, 3.63) is 17.7 Å². The summed E-state index contributed by atoms with van der Waals surface area (Å²) >= 11 is 0. The molecule has 1 aromatic carbocycles. The molecule has 0 bridgehead atoms. The Morgan fingerprint density at radius 3 is 2.32 bits per heavy atom. The summed E-state index contributed by atoms with van der Waals surface area (Å²) < 4.78 is 10.3. The Morgan fingerprint density at radius 1 is 1.23 bits per heavy atom. The molecule has 0 saturated heterocycles. The van der Waals surface area contributed by atoms with E-state index in [0.717, 1.165) is 4.90 Å². The van der Waals surface area contributed by atoms with Crippen molar-refractivity contribution >= 4 is 23.5 Å². The van der Waals surface area contributed by atoms with Crippen molar-refractivity contribution < 1.29 is 29.0 Å². The van der Waals surface area contributed by atoms with Gasteiger partial charge in [-0.1, -0.05) is 0 Å². The van der Waals surface area contributed by atoms with Crippen LogP contribution in [0, 0.1) is 0 Å². The number of carbonyl (C=O) groups is 3. The Hall–Kier alpha value is -2.77. The van der Waals surface area contributed by atoms with Crippen LogP contribution in [0.3, 0.4) is 0 Å². The lowest BCUT2D eigenvalue weighted by Gasteiger charge is -2.18. The third kappa shape index (κ3) is 4.11. The maximum Gasteiger partial charge on any atom is 0.323 e. The minimum Gasteiger partial charge on any atom is -0.493 e. The van der Waals surface area contributed by atoms with E-state index in [4.69, 9.17) is 14.6 Å². The van der Waals surface area contributed by atoms with Gasteiger partial charge in [-0.05, 0) is 12.1 Å². The number of aliphatic carboxylic acids is 1. The fourth-order valence-corrected chi connectivity index (χ4v) is 1.87. The zero-order chi connectivity index (χ0) is 16.9. The second kappa shape index (κ2) is 7.30. The number of carbonyl (C=O) groups excluding carboxylic acids is 2. The van der Waals surface area contributed by atoms with Gasteiger partial charge in [-0.3, -0.25) is 14.4 Å². The molecule has 1 rings (SSSR count). The first-order valence-corrected chi connectivity index (χ1v) is 6.31. The van der Waals surface area contributed by atoms with Gasteiger partial charge in [-0.15, -0.1) is 0 Å². The minimum absolute atomic E-state index is 0.171. The Kier molecular flexibility index (Phi) is 5.73. The maximum absolute atomic E-state index is 12.2. The first-order valence-electron chi connectivity index (χ1n) is 6.31. The molecule has 0 aliphatic rings. The van der Waals surface area contributed by atoms with Gasteiger partial charge in [0.25, 0.3) is 5.91 Å². The van der Waals surface area contributed by atoms with E-state index in [9.17, 15) is 14.4 Å². The number of methoxy groups -OCH3 is 2. The van der Waals surface area contributed by atoms with Crippen LogP contribution in [-0.2, 0) is 9.59 Å². The largest absolute Gasteiger partial charge is 0.493 e. The Balaban J connectivity index is 3.28. The van der Waals surface area contributed by atoms with Gasteiger partial charge in [0.2, 0.25) is 5.91 Å². The Bertz CT molecular complexity index is 599. The predicted octanol–water partition coefficient (Wildman–Crippen LogP) is 0.819. The van der Waals surface area contributed by atoms with Crippen molar-refractivity contribution in [3.63, 3.8) is 0 Å². The van der Waals surface area contributed by atoms with E-state index in [0.29, 0.717) is 0 Å². The lowest BCUT2D eigenvalue weighted by Crippen LogP contribution is -2.32. The monoisotopic (exact) mass is 310 g/mol. The van der Waals surface area contributed by atoms with Gasteiger partial charge in [-0.2, -0.15) is 0 Å². The molecule has 22 heavy (non-hydrogen) atoms. The van der Waals surface area contributed by atoms with Gasteiger partial charge < -0.3 is 24.8 Å². The van der Waals surface area contributed by atoms with E-state index >= 15 is 0 Å². The number of nitrogens with zero attached hydrogens (tertiary/aromatic N) is 1. The molecule has 2 amide bonds. The number of carboxylic acid groups (broad SMARTS) is 1. The highest BCUT2D eigenvalue weighted by Gasteiger charge is 2.20. The number of hydrogen-bond donors (Lipinski definition) is 2. The predicted molar refractivity (Wildman–Crippen MR) is 78.4 cm³/mol. The quantitative estimate of drug-likeness (QED) is 0.806. The number of rotatable bonds is 6. The Morgan fingerprint density at radius 2 is 1.86 bits per heavy atom. The summed E-state index contributed by atoms with van der Waals surface area (Å²) in [5.41, 5.74) is 0.437. The van der Waals surface area contributed by atoms with E-state index in [2.05, 4.69) is 5.32 Å². The van der Waals surface area contributed by atoms with Gasteiger partial charge >= 0.3 is 5.97 Å². The zero-order valence-corrected chi connectivity index (χ0v) is 12.8. The number of benzene rings is 1. The summed E-state index contributed by atoms with van der Waals surface area (Å²) in [6.45, 7) is 0.875. The number of carboxylic acids is 1. The topological polar surface area (TPSA) is 105 Å². The summed E-state index contributed by atoms with van der Waals surface area (Å²) in [5.74, 6) is -1.46. The molecule has 0 saturated carbocycles. The van der Waals surface area contributed by atoms with Crippen LogP contribution >= 0.6 is 0 Å². The fourth-order valence-electron chi connectivity index (χ4n) is 1.87. The number of nitrogens with one attached hydrogen (secondary N) is 1. The molecule has 1 aromatic rings. The molecule has 0 spiro atoms. The first kappa shape index (κ1) is 17.3. The molecule has 120 valence electrons. The van der Waals surface area contributed by atoms with Crippen LogP contribution < -0.4 is 14.8 Å². The second-order valence-corrected chi connectivity index (χ2v) is 4.50. The van der Waals surface area contributed by atoms with Crippen molar-refractivity contribution in [2.75, 3.05) is 33.1 Å². The van der Waals surface area contributed by atoms with Crippen LogP contribution in [0.2, 0.25) is 0 Å². The fraction of sp³-hybridized carbons (Fsp3) is 0.357.